The fourth-order valence-electron chi connectivity index (χ4n) is 7.43. The third-order valence-electron chi connectivity index (χ3n) is 9.64. The lowest BCUT2D eigenvalue weighted by atomic mass is 9.74. The maximum absolute atomic E-state index is 15.0. The smallest absolute Gasteiger partial charge is 0.306 e. The average Bonchev–Trinajstić information content (AvgIpc) is 3.66. The van der Waals surface area contributed by atoms with Crippen LogP contribution in [0, 0.1) is 18.8 Å². The van der Waals surface area contributed by atoms with Crippen LogP contribution in [0.1, 0.15) is 49.3 Å². The van der Waals surface area contributed by atoms with Gasteiger partial charge in [-0.15, -0.1) is 0 Å². The Hall–Kier alpha value is -3.51. The zero-order valence-corrected chi connectivity index (χ0v) is 29.0. The van der Waals surface area contributed by atoms with E-state index in [9.17, 15) is 19.5 Å². The molecule has 5 bridgehead atoms. The Balaban J connectivity index is 1.46. The molecule has 12 heteroatoms. The second-order valence-corrected chi connectivity index (χ2v) is 14.0. The van der Waals surface area contributed by atoms with Gasteiger partial charge in [0.2, 0.25) is 11.8 Å². The van der Waals surface area contributed by atoms with Crippen LogP contribution in [0.3, 0.4) is 0 Å². The Morgan fingerprint density at radius 3 is 2.56 bits per heavy atom. The summed E-state index contributed by atoms with van der Waals surface area (Å²) in [5.74, 6) is -3.52. The van der Waals surface area contributed by atoms with Gasteiger partial charge in [0.05, 0.1) is 28.6 Å². The third-order valence-corrected chi connectivity index (χ3v) is 10.6. The van der Waals surface area contributed by atoms with E-state index in [1.165, 1.54) is 0 Å². The van der Waals surface area contributed by atoms with Crippen LogP contribution in [-0.4, -0.2) is 77.7 Å². The fourth-order valence-corrected chi connectivity index (χ4v) is 8.49. The van der Waals surface area contributed by atoms with Crippen molar-refractivity contribution in [2.45, 2.75) is 62.8 Å². The Labute approximate surface area is 293 Å². The number of carbonyl (C=O) groups is 4. The molecule has 2 aromatic carbocycles. The van der Waals surface area contributed by atoms with Crippen LogP contribution in [0.25, 0.3) is 0 Å². The number of amides is 3. The lowest BCUT2D eigenvalue weighted by molar-refractivity contribution is -0.145. The van der Waals surface area contributed by atoms with Gasteiger partial charge in [-0.1, -0.05) is 82.1 Å². The summed E-state index contributed by atoms with van der Waals surface area (Å²) in [5.41, 5.74) is 0.599. The van der Waals surface area contributed by atoms with Gasteiger partial charge >= 0.3 is 5.97 Å². The Morgan fingerprint density at radius 2 is 1.81 bits per heavy atom. The number of unbranched alkanes of at least 4 members (excludes halogenated alkanes) is 2. The van der Waals surface area contributed by atoms with Crippen molar-refractivity contribution in [2.75, 3.05) is 31.2 Å². The van der Waals surface area contributed by atoms with Crippen molar-refractivity contribution < 1.29 is 33.8 Å². The molecule has 6 atom stereocenters. The molecule has 2 aromatic rings. The molecule has 2 N–H and O–H groups in total. The number of ether oxygens (including phenoxy) is 2. The first-order valence-electron chi connectivity index (χ1n) is 16.4. The predicted molar refractivity (Wildman–Crippen MR) is 183 cm³/mol. The zero-order valence-electron chi connectivity index (χ0n) is 26.6. The number of aliphatic hydroxyl groups excluding tert-OH is 1. The summed E-state index contributed by atoms with van der Waals surface area (Å²) in [4.78, 5) is 59.8. The molecular formula is C36H39BrClN3O7. The molecule has 6 rings (SSSR count). The monoisotopic (exact) mass is 739 g/mol. The van der Waals surface area contributed by atoms with Crippen molar-refractivity contribution in [1.29, 1.82) is 0 Å². The first-order valence-corrected chi connectivity index (χ1v) is 17.5. The van der Waals surface area contributed by atoms with E-state index in [1.54, 1.807) is 28.0 Å². The molecule has 2 saturated heterocycles. The molecule has 0 aromatic heterocycles. The molecule has 48 heavy (non-hydrogen) atoms. The molecule has 0 radical (unpaired) electrons. The number of anilines is 1. The fraction of sp³-hybridized carbons (Fsp3) is 0.444. The van der Waals surface area contributed by atoms with Crippen LogP contribution in [0.2, 0.25) is 5.02 Å². The van der Waals surface area contributed by atoms with Gasteiger partial charge in [-0.3, -0.25) is 19.2 Å². The van der Waals surface area contributed by atoms with Crippen LogP contribution < -0.4 is 10.2 Å². The largest absolute Gasteiger partial charge is 0.463 e. The van der Waals surface area contributed by atoms with E-state index in [-0.39, 0.29) is 38.6 Å². The topological polar surface area (TPSA) is 125 Å². The summed E-state index contributed by atoms with van der Waals surface area (Å²) in [6, 6.07) is 12.8. The number of carbonyl (C=O) groups excluding carboxylic acids is 4. The van der Waals surface area contributed by atoms with E-state index in [4.69, 9.17) is 21.1 Å². The summed E-state index contributed by atoms with van der Waals surface area (Å²) in [7, 11) is 0. The summed E-state index contributed by atoms with van der Waals surface area (Å²) >= 11 is 10.4. The van der Waals surface area contributed by atoms with Gasteiger partial charge in [-0.2, -0.15) is 0 Å². The number of fused-ring (bicyclic) bond motifs is 2. The summed E-state index contributed by atoms with van der Waals surface area (Å²) in [6.45, 7) is 2.16. The molecule has 2 fully saturated rings. The van der Waals surface area contributed by atoms with Crippen LogP contribution >= 0.6 is 27.5 Å². The van der Waals surface area contributed by atoms with E-state index in [2.05, 4.69) is 21.2 Å². The number of aliphatic hydroxyl groups is 1. The lowest BCUT2D eigenvalue weighted by Gasteiger charge is -2.36. The molecular weight excluding hydrogens is 702 g/mol. The number of halogens is 2. The molecule has 4 aliphatic rings. The molecule has 10 nitrogen and oxygen atoms in total. The van der Waals surface area contributed by atoms with Gasteiger partial charge in [0.1, 0.15) is 24.4 Å². The molecule has 4 heterocycles. The van der Waals surface area contributed by atoms with Crippen LogP contribution in [0.5, 0.6) is 0 Å². The number of rotatable bonds is 7. The lowest BCUT2D eigenvalue weighted by Crippen LogP contribution is -2.56. The number of hydrogen-bond acceptors (Lipinski definition) is 7. The Kier molecular flexibility index (Phi) is 10.4. The van der Waals surface area contributed by atoms with Crippen molar-refractivity contribution in [3.05, 3.63) is 87.4 Å². The van der Waals surface area contributed by atoms with Crippen LogP contribution in [0.15, 0.2) is 71.2 Å². The van der Waals surface area contributed by atoms with Gasteiger partial charge < -0.3 is 29.7 Å². The second-order valence-electron chi connectivity index (χ2n) is 12.7. The number of likely N-dealkylation sites (tertiary alicyclic amines) is 1. The van der Waals surface area contributed by atoms with Gasteiger partial charge in [0, 0.05) is 30.6 Å². The van der Waals surface area contributed by atoms with Gasteiger partial charge in [0.25, 0.3) is 5.91 Å². The minimum absolute atomic E-state index is 0.0232. The number of esters is 1. The molecule has 3 amide bonds. The minimum atomic E-state index is -1.42. The molecule has 254 valence electrons. The van der Waals surface area contributed by atoms with E-state index >= 15 is 4.79 Å². The number of hydrogen-bond donors (Lipinski definition) is 2. The van der Waals surface area contributed by atoms with Crippen LogP contribution in [-0.2, 0) is 28.7 Å². The second kappa shape index (κ2) is 14.5. The molecule has 0 saturated carbocycles. The van der Waals surface area contributed by atoms with Crippen LogP contribution in [0.4, 0.5) is 5.69 Å². The van der Waals surface area contributed by atoms with Gasteiger partial charge in [-0.05, 0) is 55.9 Å². The first-order chi connectivity index (χ1) is 23.2. The SMILES string of the molecule is Cc1cccc(Cl)c1N1C/C=C\CCC(=O)OC[C@@H](c2ccccc2)NC(=O)[C@@H]2[C@H]3O[C@@]4(C=C3Br)[C@H](C1=O)N(CCCCCO)C(=O)[C@@H]24. The molecule has 4 aliphatic heterocycles. The predicted octanol–water partition coefficient (Wildman–Crippen LogP) is 4.77. The van der Waals surface area contributed by atoms with Gasteiger partial charge in [0.15, 0.2) is 0 Å². The first kappa shape index (κ1) is 34.4. The Morgan fingerprint density at radius 1 is 1.02 bits per heavy atom. The number of allylic oxidation sites excluding steroid dienone is 1. The minimum Gasteiger partial charge on any atom is -0.463 e. The summed E-state index contributed by atoms with van der Waals surface area (Å²) in [5, 5.41) is 12.8. The van der Waals surface area contributed by atoms with E-state index in [1.807, 2.05) is 55.5 Å². The summed E-state index contributed by atoms with van der Waals surface area (Å²) in [6.07, 6.45) is 6.88. The van der Waals surface area contributed by atoms with E-state index in [0.717, 1.165) is 11.1 Å². The maximum atomic E-state index is 15.0. The molecule has 1 spiro atoms. The van der Waals surface area contributed by atoms with Crippen molar-refractivity contribution >= 4 is 56.9 Å². The highest BCUT2D eigenvalue weighted by molar-refractivity contribution is 9.11. The van der Waals surface area contributed by atoms with Crippen molar-refractivity contribution in [1.82, 2.24) is 10.2 Å². The normalized spacial score (nSPS) is 29.8. The number of cyclic esters (lactones) is 1. The average molecular weight is 741 g/mol. The molecule has 0 unspecified atom stereocenters. The quantitative estimate of drug-likeness (QED) is 0.238. The van der Waals surface area contributed by atoms with E-state index < -0.39 is 53.4 Å². The highest BCUT2D eigenvalue weighted by Gasteiger charge is 2.74. The highest BCUT2D eigenvalue weighted by atomic mass is 79.9. The zero-order chi connectivity index (χ0) is 34.0. The number of aryl methyl sites for hydroxylation is 1. The number of nitrogens with zero attached hydrogens (tertiary/aromatic N) is 2. The number of para-hydroxylation sites is 1. The van der Waals surface area contributed by atoms with Crippen molar-refractivity contribution in [3.8, 4) is 0 Å². The maximum Gasteiger partial charge on any atom is 0.306 e. The summed E-state index contributed by atoms with van der Waals surface area (Å²) < 4.78 is 12.9. The van der Waals surface area contributed by atoms with Crippen molar-refractivity contribution in [3.63, 3.8) is 0 Å². The van der Waals surface area contributed by atoms with E-state index in [0.29, 0.717) is 40.9 Å². The Bertz CT molecular complexity index is 1610. The third kappa shape index (κ3) is 6.33. The highest BCUT2D eigenvalue weighted by Crippen LogP contribution is 2.59. The molecule has 0 aliphatic carbocycles. The van der Waals surface area contributed by atoms with Crippen molar-refractivity contribution in [2.24, 2.45) is 11.8 Å². The standard InChI is InChI=1S/C36H39BrClN3O7/c1-22-12-11-15-25(38)30(22)40-17-8-3-7-16-27(43)47-21-26(23-13-5-2-6-14-23)39-33(44)28-29-34(45)41(18-9-4-10-19-42)32(35(40)46)36(29)20-24(37)31(28)48-36/h2-3,5-6,8,11-15,20,26,28-29,31-32,42H,4,7,9-10,16-19,21H2,1H3,(H,39,44)/b8-3-/t26-,28-,29+,31-,32-,36+/m0/s1. The number of benzene rings is 2. The number of nitrogens with one attached hydrogen (secondary N) is 1. The van der Waals surface area contributed by atoms with Gasteiger partial charge in [-0.25, -0.2) is 0 Å².